The summed E-state index contributed by atoms with van der Waals surface area (Å²) >= 11 is 0. The molecule has 0 rings (SSSR count). The Morgan fingerprint density at radius 2 is 1.00 bits per heavy atom. The maximum atomic E-state index is 8.40. The van der Waals surface area contributed by atoms with E-state index in [4.69, 9.17) is 8.92 Å². The molecule has 0 aliphatic carbocycles. The van der Waals surface area contributed by atoms with Gasteiger partial charge in [0.25, 0.3) is 0 Å². The Morgan fingerprint density at radius 3 is 1.00 bits per heavy atom. The summed E-state index contributed by atoms with van der Waals surface area (Å²) in [5, 5.41) is 0. The van der Waals surface area contributed by atoms with Crippen molar-refractivity contribution < 1.29 is 73.5 Å². The predicted octanol–water partition coefficient (Wildman–Crippen LogP) is -6.73. The summed E-state index contributed by atoms with van der Waals surface area (Å²) in [6.45, 7) is 0. The van der Waals surface area contributed by atoms with Crippen LogP contribution in [0.2, 0.25) is 0 Å². The van der Waals surface area contributed by atoms with Crippen molar-refractivity contribution in [1.82, 2.24) is 0 Å². The average Bonchev–Trinajstić information content (AvgIpc) is 0.918. The third kappa shape index (κ3) is 41.8. The second-order valence-electron chi connectivity index (χ2n) is 0.0833. The van der Waals surface area contributed by atoms with E-state index in [1.54, 1.807) is 0 Å². The summed E-state index contributed by atoms with van der Waals surface area (Å²) in [6, 6.07) is 0. The van der Waals surface area contributed by atoms with Gasteiger partial charge in [-0.2, -0.15) is 0 Å². The Hall–Kier alpha value is 1.78. The van der Waals surface area contributed by atoms with E-state index in [1.165, 1.54) is 0 Å². The van der Waals surface area contributed by atoms with Crippen molar-refractivity contribution >= 4 is 9.29 Å². The van der Waals surface area contributed by atoms with Crippen molar-refractivity contribution in [2.24, 2.45) is 0 Å². The van der Waals surface area contributed by atoms with Gasteiger partial charge in [-0.15, -0.1) is 0 Å². The standard InChI is InChI=1S/2Na.O2Si.O/c;;1-3-2;/q2*+1;;-2. The van der Waals surface area contributed by atoms with Gasteiger partial charge < -0.3 is 5.48 Å². The van der Waals surface area contributed by atoms with E-state index in [1.807, 2.05) is 0 Å². The fourth-order valence-corrected chi connectivity index (χ4v) is 0. The third-order valence-electron chi connectivity index (χ3n) is 0. The van der Waals surface area contributed by atoms with E-state index in [2.05, 4.69) is 0 Å². The molecule has 6 heteroatoms. The first-order valence-electron chi connectivity index (χ1n) is 0.408. The molecule has 0 unspecified atom stereocenters. The molecular formula is Na2O3Si. The topological polar surface area (TPSA) is 62.6 Å². The second kappa shape index (κ2) is 29.3. The zero-order valence-electron chi connectivity index (χ0n) is 3.72. The minimum absolute atomic E-state index is 0. The van der Waals surface area contributed by atoms with E-state index in [0.717, 1.165) is 0 Å². The quantitative estimate of drug-likeness (QED) is 0.300. The minimum atomic E-state index is -1.42. The van der Waals surface area contributed by atoms with Crippen LogP contribution in [0, 0.1) is 0 Å². The molecule has 0 heterocycles. The molecule has 0 aromatic rings. The van der Waals surface area contributed by atoms with Crippen molar-refractivity contribution in [3.8, 4) is 0 Å². The van der Waals surface area contributed by atoms with Gasteiger partial charge in [0.1, 0.15) is 0 Å². The Kier molecular flexibility index (Phi) is 122. The van der Waals surface area contributed by atoms with E-state index >= 15 is 0 Å². The normalized spacial score (nSPS) is 1.33. The van der Waals surface area contributed by atoms with Crippen LogP contribution >= 0.6 is 0 Å². The molecule has 0 fully saturated rings. The maximum absolute atomic E-state index is 8.40. The number of rotatable bonds is 0. The molecule has 0 N–H and O–H groups in total. The molecular weight excluding hydrogens is 122 g/mol. The molecule has 0 aromatic carbocycles. The fourth-order valence-electron chi connectivity index (χ4n) is 0. The molecule has 3 nitrogen and oxygen atoms in total. The summed E-state index contributed by atoms with van der Waals surface area (Å²) in [5.41, 5.74) is 0. The van der Waals surface area contributed by atoms with Crippen LogP contribution in [0.25, 0.3) is 0 Å². The van der Waals surface area contributed by atoms with Gasteiger partial charge in [0.05, 0.1) is 0 Å². The van der Waals surface area contributed by atoms with Crippen LogP contribution in [0.4, 0.5) is 0 Å². The molecule has 0 amide bonds. The van der Waals surface area contributed by atoms with Crippen LogP contribution in [-0.4, -0.2) is 9.29 Å². The van der Waals surface area contributed by atoms with Crippen molar-refractivity contribution in [3.63, 3.8) is 0 Å². The number of hydrogen-bond acceptors (Lipinski definition) is 2. The fraction of sp³-hybridized carbons (Fsp3) is 0. The molecule has 24 valence electrons. The first-order valence-corrected chi connectivity index (χ1v) is 1.22. The van der Waals surface area contributed by atoms with Gasteiger partial charge in [-0.25, -0.2) is 0 Å². The van der Waals surface area contributed by atoms with Crippen LogP contribution in [0.3, 0.4) is 0 Å². The largest absolute Gasteiger partial charge is 2.00 e. The Balaban J connectivity index is -0.00000000667. The Morgan fingerprint density at radius 1 is 1.00 bits per heavy atom. The Bertz CT molecular complexity index is 29.8. The van der Waals surface area contributed by atoms with Gasteiger partial charge >= 0.3 is 68.4 Å². The van der Waals surface area contributed by atoms with Gasteiger partial charge in [0.15, 0.2) is 0 Å². The number of hydrogen-bond donors (Lipinski definition) is 0. The van der Waals surface area contributed by atoms with Gasteiger partial charge in [-0.05, 0) is 0 Å². The first kappa shape index (κ1) is 25.0. The van der Waals surface area contributed by atoms with E-state index < -0.39 is 9.29 Å². The molecule has 0 radical (unpaired) electrons. The van der Waals surface area contributed by atoms with Gasteiger partial charge in [0, 0.05) is 0 Å². The molecule has 0 aliphatic rings. The molecule has 0 saturated heterocycles. The van der Waals surface area contributed by atoms with Gasteiger partial charge in [-0.1, -0.05) is 0 Å². The summed E-state index contributed by atoms with van der Waals surface area (Å²) in [7, 11) is -1.42. The van der Waals surface area contributed by atoms with Crippen LogP contribution in [0.5, 0.6) is 0 Å². The van der Waals surface area contributed by atoms with E-state index in [9.17, 15) is 0 Å². The maximum Gasteiger partial charge on any atom is 1.00 e. The van der Waals surface area contributed by atoms with E-state index in [-0.39, 0.29) is 64.6 Å². The molecule has 0 spiro atoms. The molecule has 0 saturated carbocycles. The van der Waals surface area contributed by atoms with Crippen LogP contribution in [0.15, 0.2) is 0 Å². The summed E-state index contributed by atoms with van der Waals surface area (Å²) in [4.78, 5) is 0. The second-order valence-corrected chi connectivity index (χ2v) is 0.250. The predicted molar refractivity (Wildman–Crippen MR) is 7.81 cm³/mol. The van der Waals surface area contributed by atoms with Crippen LogP contribution < -0.4 is 59.1 Å². The molecule has 0 aromatic heterocycles. The minimum Gasteiger partial charge on any atom is -2.00 e. The van der Waals surface area contributed by atoms with Gasteiger partial charge in [0.2, 0.25) is 0 Å². The Labute approximate surface area is 81.7 Å². The zero-order valence-corrected chi connectivity index (χ0v) is 8.72. The van der Waals surface area contributed by atoms with Crippen molar-refractivity contribution in [1.29, 1.82) is 0 Å². The zero-order chi connectivity index (χ0) is 2.71. The molecule has 0 aliphatic heterocycles. The monoisotopic (exact) mass is 122 g/mol. The summed E-state index contributed by atoms with van der Waals surface area (Å²) in [5.74, 6) is 0. The summed E-state index contributed by atoms with van der Waals surface area (Å²) < 4.78 is 16.8. The molecule has 0 bridgehead atoms. The summed E-state index contributed by atoms with van der Waals surface area (Å²) in [6.07, 6.45) is 0. The van der Waals surface area contributed by atoms with Gasteiger partial charge in [-0.3, -0.25) is 8.92 Å². The average molecular weight is 122 g/mol. The van der Waals surface area contributed by atoms with Crippen molar-refractivity contribution in [3.05, 3.63) is 0 Å². The molecule has 0 atom stereocenters. The third-order valence-corrected chi connectivity index (χ3v) is 0. The van der Waals surface area contributed by atoms with Crippen molar-refractivity contribution in [2.75, 3.05) is 0 Å². The first-order chi connectivity index (χ1) is 1.41. The molecule has 6 heavy (non-hydrogen) atoms. The van der Waals surface area contributed by atoms with Crippen molar-refractivity contribution in [2.45, 2.75) is 0 Å². The van der Waals surface area contributed by atoms with Crippen LogP contribution in [-0.2, 0) is 14.4 Å². The SMILES string of the molecule is O=[Si]=O.[Na+].[Na+].[O-2]. The van der Waals surface area contributed by atoms with Crippen LogP contribution in [0.1, 0.15) is 0 Å². The van der Waals surface area contributed by atoms with E-state index in [0.29, 0.717) is 0 Å². The smallest absolute Gasteiger partial charge is 1.00 e.